The molecule has 3 heterocycles. The van der Waals surface area contributed by atoms with Crippen molar-refractivity contribution in [2.24, 2.45) is 4.99 Å². The third kappa shape index (κ3) is 5.70. The molecule has 2 unspecified atom stereocenters. The first-order chi connectivity index (χ1) is 14.2. The maximum Gasteiger partial charge on any atom is 0.194 e. The van der Waals surface area contributed by atoms with Gasteiger partial charge in [0.15, 0.2) is 5.96 Å². The molecule has 2 aliphatic rings. The summed E-state index contributed by atoms with van der Waals surface area (Å²) in [6.45, 7) is 10.1. The van der Waals surface area contributed by atoms with Crippen LogP contribution in [-0.2, 0) is 17.8 Å². The van der Waals surface area contributed by atoms with Gasteiger partial charge in [-0.25, -0.2) is 4.99 Å². The molecule has 2 saturated heterocycles. The molecule has 30 heavy (non-hydrogen) atoms. The number of guanidine groups is 1. The molecule has 2 aromatic rings. The van der Waals surface area contributed by atoms with Crippen molar-refractivity contribution < 1.29 is 4.74 Å². The molecule has 0 amide bonds. The summed E-state index contributed by atoms with van der Waals surface area (Å²) in [5, 5.41) is 3.46. The summed E-state index contributed by atoms with van der Waals surface area (Å²) in [4.78, 5) is 14.4. The number of aryl methyl sites for hydroxylation is 1. The molecule has 1 N–H and O–H groups in total. The average Bonchev–Trinajstić information content (AvgIpc) is 3.17. The summed E-state index contributed by atoms with van der Waals surface area (Å²) in [6.07, 6.45) is 0.230. The van der Waals surface area contributed by atoms with Crippen molar-refractivity contribution in [3.63, 3.8) is 0 Å². The van der Waals surface area contributed by atoms with Gasteiger partial charge in [0.25, 0.3) is 0 Å². The van der Waals surface area contributed by atoms with Gasteiger partial charge in [-0.3, -0.25) is 9.88 Å². The summed E-state index contributed by atoms with van der Waals surface area (Å²) >= 11 is 0. The normalized spacial score (nSPS) is 21.8. The Morgan fingerprint density at radius 2 is 2.00 bits per heavy atom. The maximum atomic E-state index is 6.13. The Morgan fingerprint density at radius 3 is 2.77 bits per heavy atom. The number of hydrogen-bond donors (Lipinski definition) is 1. The number of halogens is 1. The topological polar surface area (TPSA) is 53.0 Å². The first-order valence-corrected chi connectivity index (χ1v) is 10.6. The Hall–Kier alpha value is -1.71. The maximum absolute atomic E-state index is 6.13. The Kier molecular flexibility index (Phi) is 8.47. The zero-order valence-corrected chi connectivity index (χ0v) is 20.2. The zero-order chi connectivity index (χ0) is 20.1. The molecule has 162 valence electrons. The monoisotopic (exact) mass is 521 g/mol. The number of likely N-dealkylation sites (tertiary alicyclic amines) is 1. The van der Waals surface area contributed by atoms with Crippen molar-refractivity contribution >= 4 is 29.9 Å². The van der Waals surface area contributed by atoms with Crippen molar-refractivity contribution in [3.8, 4) is 0 Å². The number of ether oxygens (including phenoxy) is 1. The molecule has 1 aromatic heterocycles. The minimum Gasteiger partial charge on any atom is -0.373 e. The number of nitrogens with one attached hydrogen (secondary N) is 1. The average molecular weight is 521 g/mol. The number of nitrogens with zero attached hydrogens (tertiary/aromatic N) is 4. The fraction of sp³-hybridized carbons (Fsp3) is 0.478. The molecule has 0 radical (unpaired) electrons. The molecule has 0 spiro atoms. The van der Waals surface area contributed by atoms with E-state index in [9.17, 15) is 0 Å². The lowest BCUT2D eigenvalue weighted by Gasteiger charge is -2.36. The minimum atomic E-state index is 0. The third-order valence-corrected chi connectivity index (χ3v) is 5.62. The summed E-state index contributed by atoms with van der Waals surface area (Å²) in [5.74, 6) is 0.952. The van der Waals surface area contributed by atoms with Crippen LogP contribution in [0.2, 0.25) is 0 Å². The number of pyridine rings is 1. The number of rotatable bonds is 5. The molecule has 7 heteroatoms. The van der Waals surface area contributed by atoms with Gasteiger partial charge in [0.1, 0.15) is 0 Å². The Balaban J connectivity index is 0.00000256. The van der Waals surface area contributed by atoms with Crippen LogP contribution in [0.4, 0.5) is 0 Å². The van der Waals surface area contributed by atoms with E-state index in [0.717, 1.165) is 56.7 Å². The number of aliphatic imine (C=N–C) groups is 1. The van der Waals surface area contributed by atoms with Crippen molar-refractivity contribution in [2.45, 2.75) is 39.1 Å². The molecule has 0 saturated carbocycles. The lowest BCUT2D eigenvalue weighted by molar-refractivity contribution is -0.0502. The highest BCUT2D eigenvalue weighted by Crippen LogP contribution is 2.24. The van der Waals surface area contributed by atoms with Crippen LogP contribution in [0.15, 0.2) is 53.5 Å². The number of benzene rings is 1. The van der Waals surface area contributed by atoms with E-state index in [1.807, 2.05) is 25.1 Å². The van der Waals surface area contributed by atoms with E-state index in [2.05, 4.69) is 57.4 Å². The zero-order valence-electron chi connectivity index (χ0n) is 17.8. The van der Waals surface area contributed by atoms with Crippen LogP contribution in [-0.4, -0.2) is 65.7 Å². The van der Waals surface area contributed by atoms with Gasteiger partial charge in [0, 0.05) is 38.4 Å². The van der Waals surface area contributed by atoms with Gasteiger partial charge in [-0.15, -0.1) is 24.0 Å². The standard InChI is InChI=1S/C23H31N5O.HI/c1-3-24-23(25-14-20-11-7-8-18(2)26-20)28-16-21-22(17-28)29-13-12-27(21)15-19-9-5-4-6-10-19;/h4-11,21-22H,3,12-17H2,1-2H3,(H,24,25);1H. The van der Waals surface area contributed by atoms with E-state index in [0.29, 0.717) is 12.6 Å². The van der Waals surface area contributed by atoms with Crippen LogP contribution < -0.4 is 5.32 Å². The van der Waals surface area contributed by atoms with E-state index in [4.69, 9.17) is 9.73 Å². The fourth-order valence-electron chi connectivity index (χ4n) is 4.21. The van der Waals surface area contributed by atoms with Crippen molar-refractivity contribution in [3.05, 3.63) is 65.5 Å². The van der Waals surface area contributed by atoms with Crippen molar-refractivity contribution in [2.75, 3.05) is 32.8 Å². The van der Waals surface area contributed by atoms with E-state index < -0.39 is 0 Å². The fourth-order valence-corrected chi connectivity index (χ4v) is 4.21. The molecule has 1 aromatic carbocycles. The molecule has 6 nitrogen and oxygen atoms in total. The Labute approximate surface area is 196 Å². The number of hydrogen-bond acceptors (Lipinski definition) is 4. The second kappa shape index (κ2) is 11.1. The molecule has 2 fully saturated rings. The van der Waals surface area contributed by atoms with Crippen molar-refractivity contribution in [1.82, 2.24) is 20.1 Å². The molecular weight excluding hydrogens is 489 g/mol. The molecule has 2 atom stereocenters. The SMILES string of the molecule is CCNC(=NCc1cccc(C)n1)N1CC2OCCN(Cc3ccccc3)C2C1.I. The number of morpholine rings is 1. The van der Waals surface area contributed by atoms with Crippen LogP contribution in [0.3, 0.4) is 0 Å². The first kappa shape index (κ1) is 23.0. The second-order valence-electron chi connectivity index (χ2n) is 7.78. The van der Waals surface area contributed by atoms with Crippen LogP contribution >= 0.6 is 24.0 Å². The van der Waals surface area contributed by atoms with Gasteiger partial charge in [0.2, 0.25) is 0 Å². The molecule has 0 aliphatic carbocycles. The lowest BCUT2D eigenvalue weighted by atomic mass is 10.1. The second-order valence-corrected chi connectivity index (χ2v) is 7.78. The molecular formula is C23H32IN5O. The van der Waals surface area contributed by atoms with Gasteiger partial charge < -0.3 is 15.0 Å². The van der Waals surface area contributed by atoms with Gasteiger partial charge in [-0.1, -0.05) is 36.4 Å². The van der Waals surface area contributed by atoms with E-state index in [1.165, 1.54) is 5.56 Å². The summed E-state index contributed by atoms with van der Waals surface area (Å²) in [7, 11) is 0. The van der Waals surface area contributed by atoms with Gasteiger partial charge in [-0.05, 0) is 31.5 Å². The van der Waals surface area contributed by atoms with Crippen LogP contribution in [0, 0.1) is 6.92 Å². The van der Waals surface area contributed by atoms with E-state index in [-0.39, 0.29) is 30.1 Å². The smallest absolute Gasteiger partial charge is 0.194 e. The first-order valence-electron chi connectivity index (χ1n) is 10.6. The minimum absolute atomic E-state index is 0. The Morgan fingerprint density at radius 1 is 1.17 bits per heavy atom. The predicted molar refractivity (Wildman–Crippen MR) is 131 cm³/mol. The quantitative estimate of drug-likeness (QED) is 0.373. The van der Waals surface area contributed by atoms with Crippen LogP contribution in [0.25, 0.3) is 0 Å². The molecule has 4 rings (SSSR count). The summed E-state index contributed by atoms with van der Waals surface area (Å²) < 4.78 is 6.13. The molecule has 2 aliphatic heterocycles. The number of aromatic nitrogens is 1. The van der Waals surface area contributed by atoms with Gasteiger partial charge >= 0.3 is 0 Å². The Bertz CT molecular complexity index is 831. The third-order valence-electron chi connectivity index (χ3n) is 5.62. The van der Waals surface area contributed by atoms with Gasteiger partial charge in [-0.2, -0.15) is 0 Å². The van der Waals surface area contributed by atoms with E-state index >= 15 is 0 Å². The molecule has 0 bridgehead atoms. The van der Waals surface area contributed by atoms with Crippen LogP contribution in [0.5, 0.6) is 0 Å². The highest BCUT2D eigenvalue weighted by Gasteiger charge is 2.41. The highest BCUT2D eigenvalue weighted by atomic mass is 127. The van der Waals surface area contributed by atoms with Crippen molar-refractivity contribution in [1.29, 1.82) is 0 Å². The summed E-state index contributed by atoms with van der Waals surface area (Å²) in [6, 6.07) is 17.2. The lowest BCUT2D eigenvalue weighted by Crippen LogP contribution is -2.50. The summed E-state index contributed by atoms with van der Waals surface area (Å²) in [5.41, 5.74) is 3.39. The van der Waals surface area contributed by atoms with Gasteiger partial charge in [0.05, 0.1) is 31.0 Å². The number of fused-ring (bicyclic) bond motifs is 1. The van der Waals surface area contributed by atoms with E-state index in [1.54, 1.807) is 0 Å². The highest BCUT2D eigenvalue weighted by molar-refractivity contribution is 14.0. The predicted octanol–water partition coefficient (Wildman–Crippen LogP) is 3.06. The largest absolute Gasteiger partial charge is 0.373 e. The van der Waals surface area contributed by atoms with Crippen LogP contribution in [0.1, 0.15) is 23.9 Å².